The molecule has 1 heterocycles. The summed E-state index contributed by atoms with van der Waals surface area (Å²) in [5.74, 6) is -0.257. The molecule has 1 N–H and O–H groups in total. The Labute approximate surface area is 104 Å². The van der Waals surface area contributed by atoms with Gasteiger partial charge in [0.15, 0.2) is 5.01 Å². The summed E-state index contributed by atoms with van der Waals surface area (Å²) in [6.07, 6.45) is 0. The van der Waals surface area contributed by atoms with Crippen molar-refractivity contribution in [2.45, 2.75) is 26.4 Å². The number of benzene rings is 1. The highest BCUT2D eigenvalue weighted by Gasteiger charge is 2.10. The first-order valence-electron chi connectivity index (χ1n) is 5.47. The molecule has 0 saturated carbocycles. The van der Waals surface area contributed by atoms with Gasteiger partial charge in [0.25, 0.3) is 0 Å². The molecule has 0 saturated heterocycles. The van der Waals surface area contributed by atoms with Gasteiger partial charge in [-0.05, 0) is 12.1 Å². The molecule has 2 rings (SSSR count). The molecular weight excluding hydrogens is 237 g/mol. The molecule has 3 nitrogen and oxygen atoms in total. The van der Waals surface area contributed by atoms with E-state index in [9.17, 15) is 4.39 Å². The lowest BCUT2D eigenvalue weighted by Crippen LogP contribution is -2.21. The molecule has 0 aliphatic carbocycles. The summed E-state index contributed by atoms with van der Waals surface area (Å²) >= 11 is 1.42. The highest BCUT2D eigenvalue weighted by molar-refractivity contribution is 7.14. The van der Waals surface area contributed by atoms with Crippen LogP contribution in [-0.4, -0.2) is 16.2 Å². The first kappa shape index (κ1) is 12.1. The van der Waals surface area contributed by atoms with Crippen molar-refractivity contribution in [3.05, 3.63) is 35.1 Å². The molecule has 5 heteroatoms. The van der Waals surface area contributed by atoms with Gasteiger partial charge < -0.3 is 5.32 Å². The van der Waals surface area contributed by atoms with Crippen LogP contribution in [0.4, 0.5) is 4.39 Å². The standard InChI is InChI=1S/C12H14FN3S/c1-8(2)14-7-11-15-16-12(17-11)9-5-3-4-6-10(9)13/h3-6,8,14H,7H2,1-2H3. The van der Waals surface area contributed by atoms with Crippen molar-refractivity contribution in [3.63, 3.8) is 0 Å². The van der Waals surface area contributed by atoms with E-state index in [1.165, 1.54) is 17.4 Å². The third-order valence-electron chi connectivity index (χ3n) is 2.23. The van der Waals surface area contributed by atoms with Gasteiger partial charge in [0.1, 0.15) is 10.8 Å². The van der Waals surface area contributed by atoms with Crippen LogP contribution in [0.1, 0.15) is 18.9 Å². The SMILES string of the molecule is CC(C)NCc1nnc(-c2ccccc2F)s1. The molecule has 0 spiro atoms. The minimum Gasteiger partial charge on any atom is -0.308 e. The molecule has 17 heavy (non-hydrogen) atoms. The predicted molar refractivity (Wildman–Crippen MR) is 67.3 cm³/mol. The summed E-state index contributed by atoms with van der Waals surface area (Å²) in [5.41, 5.74) is 0.515. The summed E-state index contributed by atoms with van der Waals surface area (Å²) in [6, 6.07) is 7.02. The Morgan fingerprint density at radius 1 is 1.29 bits per heavy atom. The molecule has 0 fully saturated rings. The van der Waals surface area contributed by atoms with E-state index in [0.717, 1.165) is 5.01 Å². The fourth-order valence-corrected chi connectivity index (χ4v) is 2.18. The van der Waals surface area contributed by atoms with E-state index in [2.05, 4.69) is 29.4 Å². The maximum absolute atomic E-state index is 13.5. The zero-order chi connectivity index (χ0) is 12.3. The predicted octanol–water partition coefficient (Wildman–Crippen LogP) is 2.84. The molecule has 0 aliphatic rings. The Balaban J connectivity index is 2.16. The van der Waals surface area contributed by atoms with Gasteiger partial charge in [0.2, 0.25) is 0 Å². The molecule has 90 valence electrons. The van der Waals surface area contributed by atoms with Crippen LogP contribution in [0.5, 0.6) is 0 Å². The van der Waals surface area contributed by atoms with Crippen molar-refractivity contribution in [1.29, 1.82) is 0 Å². The van der Waals surface area contributed by atoms with Crippen molar-refractivity contribution in [2.24, 2.45) is 0 Å². The Kier molecular flexibility index (Phi) is 3.81. The maximum atomic E-state index is 13.5. The second kappa shape index (κ2) is 5.33. The molecule has 0 radical (unpaired) electrons. The van der Waals surface area contributed by atoms with Gasteiger partial charge in [-0.2, -0.15) is 0 Å². The highest BCUT2D eigenvalue weighted by atomic mass is 32.1. The average Bonchev–Trinajstić information content (AvgIpc) is 2.75. The van der Waals surface area contributed by atoms with Gasteiger partial charge in [0.05, 0.1) is 0 Å². The Bertz CT molecular complexity index is 496. The summed E-state index contributed by atoms with van der Waals surface area (Å²) in [6.45, 7) is 4.81. The summed E-state index contributed by atoms with van der Waals surface area (Å²) in [4.78, 5) is 0. The Morgan fingerprint density at radius 3 is 2.76 bits per heavy atom. The number of rotatable bonds is 4. The molecule has 0 aliphatic heterocycles. The van der Waals surface area contributed by atoms with Crippen molar-refractivity contribution >= 4 is 11.3 Å². The lowest BCUT2D eigenvalue weighted by molar-refractivity contribution is 0.585. The minimum atomic E-state index is -0.257. The number of hydrogen-bond donors (Lipinski definition) is 1. The van der Waals surface area contributed by atoms with Crippen LogP contribution in [0.15, 0.2) is 24.3 Å². The lowest BCUT2D eigenvalue weighted by Gasteiger charge is -2.03. The van der Waals surface area contributed by atoms with Gasteiger partial charge in [0, 0.05) is 18.2 Å². The zero-order valence-corrected chi connectivity index (χ0v) is 10.6. The van der Waals surface area contributed by atoms with Gasteiger partial charge in [-0.3, -0.25) is 0 Å². The maximum Gasteiger partial charge on any atom is 0.150 e. The van der Waals surface area contributed by atoms with Gasteiger partial charge >= 0.3 is 0 Å². The van der Waals surface area contributed by atoms with Crippen molar-refractivity contribution in [2.75, 3.05) is 0 Å². The van der Waals surface area contributed by atoms with E-state index < -0.39 is 0 Å². The fraction of sp³-hybridized carbons (Fsp3) is 0.333. The highest BCUT2D eigenvalue weighted by Crippen LogP contribution is 2.25. The number of hydrogen-bond acceptors (Lipinski definition) is 4. The van der Waals surface area contributed by atoms with E-state index in [4.69, 9.17) is 0 Å². The molecule has 2 aromatic rings. The average molecular weight is 251 g/mol. The quantitative estimate of drug-likeness (QED) is 0.908. The number of aromatic nitrogens is 2. The number of halogens is 1. The fourth-order valence-electron chi connectivity index (χ4n) is 1.36. The summed E-state index contributed by atoms with van der Waals surface area (Å²) in [7, 11) is 0. The van der Waals surface area contributed by atoms with E-state index in [0.29, 0.717) is 23.2 Å². The van der Waals surface area contributed by atoms with Crippen LogP contribution in [0, 0.1) is 5.82 Å². The molecular formula is C12H14FN3S. The van der Waals surface area contributed by atoms with E-state index in [-0.39, 0.29) is 5.82 Å². The van der Waals surface area contributed by atoms with Crippen molar-refractivity contribution in [1.82, 2.24) is 15.5 Å². The van der Waals surface area contributed by atoms with Crippen LogP contribution in [0.3, 0.4) is 0 Å². The first-order valence-corrected chi connectivity index (χ1v) is 6.29. The van der Waals surface area contributed by atoms with E-state index in [1.807, 2.05) is 0 Å². The molecule has 1 aromatic carbocycles. The third kappa shape index (κ3) is 3.08. The smallest absolute Gasteiger partial charge is 0.150 e. The van der Waals surface area contributed by atoms with Crippen LogP contribution in [-0.2, 0) is 6.54 Å². The normalized spacial score (nSPS) is 11.1. The number of nitrogens with one attached hydrogen (secondary N) is 1. The van der Waals surface area contributed by atoms with Crippen LogP contribution in [0.25, 0.3) is 10.6 Å². The summed E-state index contributed by atoms with van der Waals surface area (Å²) < 4.78 is 13.5. The Morgan fingerprint density at radius 2 is 2.06 bits per heavy atom. The van der Waals surface area contributed by atoms with E-state index in [1.54, 1.807) is 18.2 Å². The van der Waals surface area contributed by atoms with E-state index >= 15 is 0 Å². The largest absolute Gasteiger partial charge is 0.308 e. The van der Waals surface area contributed by atoms with Gasteiger partial charge in [-0.15, -0.1) is 10.2 Å². The second-order valence-electron chi connectivity index (χ2n) is 4.02. The van der Waals surface area contributed by atoms with Gasteiger partial charge in [-0.1, -0.05) is 37.3 Å². The molecule has 1 aromatic heterocycles. The monoisotopic (exact) mass is 251 g/mol. The van der Waals surface area contributed by atoms with Crippen molar-refractivity contribution in [3.8, 4) is 10.6 Å². The topological polar surface area (TPSA) is 37.8 Å². The number of nitrogens with zero attached hydrogens (tertiary/aromatic N) is 2. The first-order chi connectivity index (χ1) is 8.16. The zero-order valence-electron chi connectivity index (χ0n) is 9.77. The van der Waals surface area contributed by atoms with Crippen molar-refractivity contribution < 1.29 is 4.39 Å². The third-order valence-corrected chi connectivity index (χ3v) is 3.19. The molecule has 0 atom stereocenters. The molecule has 0 amide bonds. The second-order valence-corrected chi connectivity index (χ2v) is 5.08. The molecule has 0 unspecified atom stereocenters. The van der Waals surface area contributed by atoms with Gasteiger partial charge in [-0.25, -0.2) is 4.39 Å². The Hall–Kier alpha value is -1.33. The molecule has 0 bridgehead atoms. The summed E-state index contributed by atoms with van der Waals surface area (Å²) in [5, 5.41) is 12.8. The minimum absolute atomic E-state index is 0.257. The van der Waals surface area contributed by atoms with Crippen LogP contribution < -0.4 is 5.32 Å². The van der Waals surface area contributed by atoms with Crippen LogP contribution >= 0.6 is 11.3 Å². The van der Waals surface area contributed by atoms with Crippen LogP contribution in [0.2, 0.25) is 0 Å². The lowest BCUT2D eigenvalue weighted by atomic mass is 10.2.